The Balaban J connectivity index is 2.10. The molecule has 0 saturated heterocycles. The van der Waals surface area contributed by atoms with Crippen LogP contribution in [0.1, 0.15) is 24.5 Å². The van der Waals surface area contributed by atoms with E-state index in [1.807, 2.05) is 42.5 Å². The standard InChI is InChI=1S/C20H23BrN2O4/c1-14(24)22-17-6-3-15(4-7-17)12-23(10-9-20(25)26)13-16-5-8-19(27-2)18(21)11-16/h3-8,11H,9-10,12-13H2,1-2H3,(H,22,24)(H,25,26). The van der Waals surface area contributed by atoms with Crippen LogP contribution in [0, 0.1) is 0 Å². The maximum Gasteiger partial charge on any atom is 0.304 e. The van der Waals surface area contributed by atoms with Gasteiger partial charge in [-0.05, 0) is 51.3 Å². The van der Waals surface area contributed by atoms with Crippen molar-refractivity contribution in [2.24, 2.45) is 0 Å². The summed E-state index contributed by atoms with van der Waals surface area (Å²) in [5.74, 6) is -0.183. The predicted molar refractivity (Wildman–Crippen MR) is 108 cm³/mol. The Kier molecular flexibility index (Phi) is 7.82. The number of halogens is 1. The van der Waals surface area contributed by atoms with Gasteiger partial charge in [0.2, 0.25) is 5.91 Å². The van der Waals surface area contributed by atoms with Gasteiger partial charge < -0.3 is 15.2 Å². The molecule has 0 aliphatic carbocycles. The van der Waals surface area contributed by atoms with Crippen molar-refractivity contribution >= 4 is 33.5 Å². The number of methoxy groups -OCH3 is 1. The molecule has 0 spiro atoms. The summed E-state index contributed by atoms with van der Waals surface area (Å²) in [5.41, 5.74) is 2.84. The van der Waals surface area contributed by atoms with E-state index < -0.39 is 5.97 Å². The minimum absolute atomic E-state index is 0.0707. The zero-order valence-corrected chi connectivity index (χ0v) is 17.0. The topological polar surface area (TPSA) is 78.9 Å². The first kappa shape index (κ1) is 20.9. The number of carbonyl (C=O) groups excluding carboxylic acids is 1. The molecule has 0 bridgehead atoms. The fourth-order valence-corrected chi connectivity index (χ4v) is 3.28. The number of hydrogen-bond donors (Lipinski definition) is 2. The quantitative estimate of drug-likeness (QED) is 0.625. The predicted octanol–water partition coefficient (Wildman–Crippen LogP) is 3.89. The van der Waals surface area contributed by atoms with Crippen molar-refractivity contribution in [3.8, 4) is 5.75 Å². The first-order chi connectivity index (χ1) is 12.9. The molecule has 0 unspecified atom stereocenters. The van der Waals surface area contributed by atoms with Gasteiger partial charge in [-0.1, -0.05) is 18.2 Å². The molecule has 2 aromatic carbocycles. The number of nitrogens with one attached hydrogen (secondary N) is 1. The molecule has 7 heteroatoms. The zero-order chi connectivity index (χ0) is 19.8. The molecule has 0 heterocycles. The number of nitrogens with zero attached hydrogens (tertiary/aromatic N) is 1. The highest BCUT2D eigenvalue weighted by atomic mass is 79.9. The number of hydrogen-bond acceptors (Lipinski definition) is 4. The van der Waals surface area contributed by atoms with Crippen molar-refractivity contribution in [1.29, 1.82) is 0 Å². The molecular weight excluding hydrogens is 412 g/mol. The van der Waals surface area contributed by atoms with Gasteiger partial charge in [0, 0.05) is 32.2 Å². The lowest BCUT2D eigenvalue weighted by atomic mass is 10.1. The highest BCUT2D eigenvalue weighted by molar-refractivity contribution is 9.10. The Bertz CT molecular complexity index is 793. The fourth-order valence-electron chi connectivity index (χ4n) is 2.69. The van der Waals surface area contributed by atoms with Crippen LogP contribution in [0.3, 0.4) is 0 Å². The van der Waals surface area contributed by atoms with Gasteiger partial charge in [-0.3, -0.25) is 14.5 Å². The zero-order valence-electron chi connectivity index (χ0n) is 15.4. The number of carboxylic acid groups (broad SMARTS) is 1. The van der Waals surface area contributed by atoms with E-state index >= 15 is 0 Å². The molecule has 0 fully saturated rings. The monoisotopic (exact) mass is 434 g/mol. The van der Waals surface area contributed by atoms with Crippen LogP contribution in [0.5, 0.6) is 5.75 Å². The Morgan fingerprint density at radius 3 is 2.30 bits per heavy atom. The molecule has 0 saturated carbocycles. The van der Waals surface area contributed by atoms with Crippen molar-refractivity contribution in [2.75, 3.05) is 19.0 Å². The second-order valence-electron chi connectivity index (χ2n) is 6.20. The second-order valence-corrected chi connectivity index (χ2v) is 7.06. The van der Waals surface area contributed by atoms with Crippen molar-refractivity contribution in [3.05, 3.63) is 58.1 Å². The SMILES string of the molecule is COc1ccc(CN(CCC(=O)O)Cc2ccc(NC(C)=O)cc2)cc1Br. The molecule has 2 rings (SSSR count). The Morgan fingerprint density at radius 2 is 1.74 bits per heavy atom. The van der Waals surface area contributed by atoms with Crippen LogP contribution in [0.25, 0.3) is 0 Å². The molecule has 2 N–H and O–H groups in total. The number of aliphatic carboxylic acids is 1. The van der Waals surface area contributed by atoms with E-state index in [9.17, 15) is 9.59 Å². The molecule has 2 aromatic rings. The minimum atomic E-state index is -0.822. The second kappa shape index (κ2) is 10.1. The highest BCUT2D eigenvalue weighted by Crippen LogP contribution is 2.26. The van der Waals surface area contributed by atoms with E-state index in [1.54, 1.807) is 7.11 Å². The molecule has 144 valence electrons. The highest BCUT2D eigenvalue weighted by Gasteiger charge is 2.11. The van der Waals surface area contributed by atoms with Gasteiger partial charge in [0.15, 0.2) is 0 Å². The third kappa shape index (κ3) is 7.03. The van der Waals surface area contributed by atoms with Crippen molar-refractivity contribution in [3.63, 3.8) is 0 Å². The number of carbonyl (C=O) groups is 2. The van der Waals surface area contributed by atoms with E-state index in [0.29, 0.717) is 19.6 Å². The van der Waals surface area contributed by atoms with Gasteiger partial charge in [-0.15, -0.1) is 0 Å². The van der Waals surface area contributed by atoms with Crippen molar-refractivity contribution < 1.29 is 19.4 Å². The summed E-state index contributed by atoms with van der Waals surface area (Å²) >= 11 is 3.48. The number of rotatable bonds is 9. The lowest BCUT2D eigenvalue weighted by Gasteiger charge is -2.22. The van der Waals surface area contributed by atoms with Crippen LogP contribution in [0.15, 0.2) is 46.9 Å². The van der Waals surface area contributed by atoms with Gasteiger partial charge >= 0.3 is 5.97 Å². The molecule has 0 aromatic heterocycles. The van der Waals surface area contributed by atoms with E-state index in [0.717, 1.165) is 27.0 Å². The summed E-state index contributed by atoms with van der Waals surface area (Å²) in [6, 6.07) is 13.4. The molecule has 6 nitrogen and oxygen atoms in total. The molecule has 27 heavy (non-hydrogen) atoms. The van der Waals surface area contributed by atoms with Crippen molar-refractivity contribution in [1.82, 2.24) is 4.90 Å². The lowest BCUT2D eigenvalue weighted by molar-refractivity contribution is -0.137. The van der Waals surface area contributed by atoms with E-state index in [1.165, 1.54) is 6.92 Å². The van der Waals surface area contributed by atoms with Crippen LogP contribution in [-0.4, -0.2) is 35.5 Å². The summed E-state index contributed by atoms with van der Waals surface area (Å²) in [7, 11) is 1.61. The van der Waals surface area contributed by atoms with E-state index in [2.05, 4.69) is 26.1 Å². The Hall–Kier alpha value is -2.38. The molecule has 0 radical (unpaired) electrons. The van der Waals surface area contributed by atoms with Crippen LogP contribution < -0.4 is 10.1 Å². The number of carboxylic acids is 1. The number of amides is 1. The van der Waals surface area contributed by atoms with Gasteiger partial charge in [0.25, 0.3) is 0 Å². The maximum absolute atomic E-state index is 11.1. The smallest absolute Gasteiger partial charge is 0.304 e. The van der Waals surface area contributed by atoms with Crippen LogP contribution >= 0.6 is 15.9 Å². The summed E-state index contributed by atoms with van der Waals surface area (Å²) < 4.78 is 6.11. The Morgan fingerprint density at radius 1 is 1.11 bits per heavy atom. The summed E-state index contributed by atoms with van der Waals surface area (Å²) in [4.78, 5) is 24.2. The van der Waals surface area contributed by atoms with Crippen LogP contribution in [0.2, 0.25) is 0 Å². The fraction of sp³-hybridized carbons (Fsp3) is 0.300. The van der Waals surface area contributed by atoms with E-state index in [-0.39, 0.29) is 12.3 Å². The molecule has 0 aliphatic rings. The van der Waals surface area contributed by atoms with Crippen molar-refractivity contribution in [2.45, 2.75) is 26.4 Å². The summed E-state index contributed by atoms with van der Waals surface area (Å²) in [6.07, 6.45) is 0.0707. The first-order valence-corrected chi connectivity index (χ1v) is 9.29. The molecular formula is C20H23BrN2O4. The average molecular weight is 435 g/mol. The van der Waals surface area contributed by atoms with Crippen LogP contribution in [0.4, 0.5) is 5.69 Å². The maximum atomic E-state index is 11.1. The number of anilines is 1. The summed E-state index contributed by atoms with van der Waals surface area (Å²) in [5, 5.41) is 11.8. The molecule has 1 amide bonds. The normalized spacial score (nSPS) is 10.7. The van der Waals surface area contributed by atoms with Gasteiger partial charge in [0.1, 0.15) is 5.75 Å². The lowest BCUT2D eigenvalue weighted by Crippen LogP contribution is -2.25. The summed E-state index contributed by atoms with van der Waals surface area (Å²) in [6.45, 7) is 3.13. The van der Waals surface area contributed by atoms with E-state index in [4.69, 9.17) is 9.84 Å². The third-order valence-corrected chi connectivity index (χ3v) is 4.56. The van der Waals surface area contributed by atoms with Crippen LogP contribution in [-0.2, 0) is 22.7 Å². The molecule has 0 aliphatic heterocycles. The minimum Gasteiger partial charge on any atom is -0.496 e. The van der Waals surface area contributed by atoms with Gasteiger partial charge in [0.05, 0.1) is 18.0 Å². The van der Waals surface area contributed by atoms with Gasteiger partial charge in [-0.25, -0.2) is 0 Å². The Labute approximate surface area is 167 Å². The third-order valence-electron chi connectivity index (χ3n) is 3.94. The largest absolute Gasteiger partial charge is 0.496 e. The van der Waals surface area contributed by atoms with Gasteiger partial charge in [-0.2, -0.15) is 0 Å². The first-order valence-electron chi connectivity index (χ1n) is 8.50. The molecule has 0 atom stereocenters. The number of benzene rings is 2. The average Bonchev–Trinajstić information content (AvgIpc) is 2.61. The number of ether oxygens (including phenoxy) is 1.